The summed E-state index contributed by atoms with van der Waals surface area (Å²) in [5.41, 5.74) is 1.37. The Morgan fingerprint density at radius 1 is 1.52 bits per heavy atom. The number of aryl methyl sites for hydroxylation is 1. The number of carbonyl (C=O) groups is 2. The number of nitrogens with zero attached hydrogens (tertiary/aromatic N) is 3. The molecule has 0 atom stereocenters. The second kappa shape index (κ2) is 6.12. The number of rotatable bonds is 5. The van der Waals surface area contributed by atoms with E-state index in [1.807, 2.05) is 13.0 Å². The van der Waals surface area contributed by atoms with Gasteiger partial charge < -0.3 is 19.7 Å². The van der Waals surface area contributed by atoms with Gasteiger partial charge in [-0.25, -0.2) is 4.79 Å². The van der Waals surface area contributed by atoms with Gasteiger partial charge in [0.05, 0.1) is 24.7 Å². The Labute approximate surface area is 121 Å². The van der Waals surface area contributed by atoms with Crippen molar-refractivity contribution in [2.45, 2.75) is 20.0 Å². The fourth-order valence-corrected chi connectivity index (χ4v) is 1.77. The summed E-state index contributed by atoms with van der Waals surface area (Å²) in [6.07, 6.45) is 4.44. The lowest BCUT2D eigenvalue weighted by molar-refractivity contribution is -0.137. The third-order valence-corrected chi connectivity index (χ3v) is 2.90. The molecule has 2 heterocycles. The summed E-state index contributed by atoms with van der Waals surface area (Å²) in [6, 6.07) is 1.50. The molecule has 0 bridgehead atoms. The third-order valence-electron chi connectivity index (χ3n) is 2.90. The second-order valence-electron chi connectivity index (χ2n) is 4.61. The molecule has 0 radical (unpaired) electrons. The minimum absolute atomic E-state index is 0.250. The molecular weight excluding hydrogens is 276 g/mol. The van der Waals surface area contributed by atoms with Crippen molar-refractivity contribution >= 4 is 17.7 Å². The van der Waals surface area contributed by atoms with E-state index in [0.717, 1.165) is 11.3 Å². The predicted octanol–water partition coefficient (Wildman–Crippen LogP) is 1.53. The first-order valence-corrected chi connectivity index (χ1v) is 6.25. The van der Waals surface area contributed by atoms with Crippen molar-refractivity contribution in [1.82, 2.24) is 14.7 Å². The van der Waals surface area contributed by atoms with Crippen LogP contribution < -0.4 is 5.32 Å². The highest BCUT2D eigenvalue weighted by Crippen LogP contribution is 2.12. The highest BCUT2D eigenvalue weighted by atomic mass is 16.4. The molecule has 0 saturated carbocycles. The maximum atomic E-state index is 12.0. The number of carbonyl (C=O) groups excluding carboxylic acids is 1. The maximum Gasteiger partial charge on any atom is 0.325 e. The normalized spacial score (nSPS) is 10.4. The van der Waals surface area contributed by atoms with E-state index in [1.54, 1.807) is 13.3 Å². The molecule has 8 heteroatoms. The number of aliphatic carboxylic acids is 1. The molecule has 0 aromatic carbocycles. The second-order valence-corrected chi connectivity index (χ2v) is 4.61. The molecule has 2 amide bonds. The van der Waals surface area contributed by atoms with Gasteiger partial charge in [-0.3, -0.25) is 9.48 Å². The van der Waals surface area contributed by atoms with Gasteiger partial charge in [0.15, 0.2) is 0 Å². The van der Waals surface area contributed by atoms with Gasteiger partial charge in [-0.15, -0.1) is 0 Å². The van der Waals surface area contributed by atoms with Crippen molar-refractivity contribution in [2.75, 3.05) is 12.4 Å². The molecule has 21 heavy (non-hydrogen) atoms. The Hall–Kier alpha value is -2.77. The van der Waals surface area contributed by atoms with Crippen LogP contribution in [0.5, 0.6) is 0 Å². The lowest BCUT2D eigenvalue weighted by Crippen LogP contribution is -2.30. The topological polar surface area (TPSA) is 101 Å². The number of aromatic nitrogens is 2. The summed E-state index contributed by atoms with van der Waals surface area (Å²) in [7, 11) is 1.66. The Bertz CT molecular complexity index is 646. The molecular formula is C13H16N4O4. The minimum atomic E-state index is -0.997. The SMILES string of the molecule is Cc1occc1CN(C)C(=O)Nc1cnn(CC(=O)O)c1. The lowest BCUT2D eigenvalue weighted by Gasteiger charge is -2.16. The highest BCUT2D eigenvalue weighted by molar-refractivity contribution is 5.88. The molecule has 0 spiro atoms. The van der Waals surface area contributed by atoms with Crippen LogP contribution in [0.4, 0.5) is 10.5 Å². The van der Waals surface area contributed by atoms with Gasteiger partial charge in [0.1, 0.15) is 12.3 Å². The number of anilines is 1. The summed E-state index contributed by atoms with van der Waals surface area (Å²) in [5.74, 6) is -0.229. The molecule has 8 nitrogen and oxygen atoms in total. The number of hydrogen-bond acceptors (Lipinski definition) is 4. The highest BCUT2D eigenvalue weighted by Gasteiger charge is 2.13. The Morgan fingerprint density at radius 2 is 2.29 bits per heavy atom. The van der Waals surface area contributed by atoms with E-state index < -0.39 is 5.97 Å². The van der Waals surface area contributed by atoms with E-state index in [-0.39, 0.29) is 12.6 Å². The van der Waals surface area contributed by atoms with Gasteiger partial charge in [0, 0.05) is 18.8 Å². The standard InChI is InChI=1S/C13H16N4O4/c1-9-10(3-4-21-9)6-16(2)13(20)15-11-5-14-17(7-11)8-12(18)19/h3-5,7H,6,8H2,1-2H3,(H,15,20)(H,18,19). The average molecular weight is 292 g/mol. The largest absolute Gasteiger partial charge is 0.480 e. The van der Waals surface area contributed by atoms with Crippen molar-refractivity contribution in [3.8, 4) is 0 Å². The molecule has 2 N–H and O–H groups in total. The van der Waals surface area contributed by atoms with Crippen LogP contribution in [0.1, 0.15) is 11.3 Å². The van der Waals surface area contributed by atoms with Gasteiger partial charge >= 0.3 is 12.0 Å². The van der Waals surface area contributed by atoms with Crippen molar-refractivity contribution in [3.63, 3.8) is 0 Å². The zero-order chi connectivity index (χ0) is 15.4. The van der Waals surface area contributed by atoms with Crippen molar-refractivity contribution < 1.29 is 19.1 Å². The summed E-state index contributed by atoms with van der Waals surface area (Å²) in [4.78, 5) is 24.1. The Morgan fingerprint density at radius 3 is 2.90 bits per heavy atom. The van der Waals surface area contributed by atoms with E-state index >= 15 is 0 Å². The molecule has 2 aromatic rings. The molecule has 0 aliphatic rings. The molecule has 0 unspecified atom stereocenters. The molecule has 0 saturated heterocycles. The van der Waals surface area contributed by atoms with Crippen molar-refractivity contribution in [1.29, 1.82) is 0 Å². The van der Waals surface area contributed by atoms with E-state index in [0.29, 0.717) is 12.2 Å². The Balaban J connectivity index is 1.93. The molecule has 0 aliphatic heterocycles. The number of furan rings is 1. The third kappa shape index (κ3) is 3.85. The van der Waals surface area contributed by atoms with E-state index in [2.05, 4.69) is 10.4 Å². The first-order valence-electron chi connectivity index (χ1n) is 6.25. The predicted molar refractivity (Wildman–Crippen MR) is 73.8 cm³/mol. The zero-order valence-corrected chi connectivity index (χ0v) is 11.7. The van der Waals surface area contributed by atoms with Crippen LogP contribution in [0.2, 0.25) is 0 Å². The van der Waals surface area contributed by atoms with Crippen LogP contribution in [-0.2, 0) is 17.9 Å². The summed E-state index contributed by atoms with van der Waals surface area (Å²) < 4.78 is 6.41. The number of amides is 2. The number of nitrogens with one attached hydrogen (secondary N) is 1. The Kier molecular flexibility index (Phi) is 4.27. The number of carboxylic acid groups (broad SMARTS) is 1. The first-order chi connectivity index (χ1) is 9.95. The van der Waals surface area contributed by atoms with Gasteiger partial charge in [-0.1, -0.05) is 0 Å². The van der Waals surface area contributed by atoms with Crippen LogP contribution >= 0.6 is 0 Å². The average Bonchev–Trinajstić information content (AvgIpc) is 2.99. The van der Waals surface area contributed by atoms with Gasteiger partial charge in [-0.05, 0) is 13.0 Å². The zero-order valence-electron chi connectivity index (χ0n) is 11.7. The fourth-order valence-electron chi connectivity index (χ4n) is 1.77. The molecule has 112 valence electrons. The fraction of sp³-hybridized carbons (Fsp3) is 0.308. The molecule has 2 aromatic heterocycles. The number of carboxylic acids is 1. The van der Waals surface area contributed by atoms with E-state index in [1.165, 1.54) is 22.0 Å². The van der Waals surface area contributed by atoms with Crippen molar-refractivity contribution in [2.24, 2.45) is 0 Å². The minimum Gasteiger partial charge on any atom is -0.480 e. The first kappa shape index (κ1) is 14.6. The van der Waals surface area contributed by atoms with Gasteiger partial charge in [-0.2, -0.15) is 5.10 Å². The summed E-state index contributed by atoms with van der Waals surface area (Å²) >= 11 is 0. The maximum absolute atomic E-state index is 12.0. The molecule has 0 fully saturated rings. The quantitative estimate of drug-likeness (QED) is 0.870. The number of urea groups is 1. The molecule has 2 rings (SSSR count). The van der Waals surface area contributed by atoms with Crippen molar-refractivity contribution in [3.05, 3.63) is 36.0 Å². The van der Waals surface area contributed by atoms with E-state index in [9.17, 15) is 9.59 Å². The van der Waals surface area contributed by atoms with E-state index in [4.69, 9.17) is 9.52 Å². The van der Waals surface area contributed by atoms with Crippen LogP contribution in [0.3, 0.4) is 0 Å². The molecule has 0 aliphatic carbocycles. The monoisotopic (exact) mass is 292 g/mol. The lowest BCUT2D eigenvalue weighted by atomic mass is 10.2. The van der Waals surface area contributed by atoms with Crippen LogP contribution in [0, 0.1) is 6.92 Å². The summed E-state index contributed by atoms with van der Waals surface area (Å²) in [5, 5.41) is 15.1. The van der Waals surface area contributed by atoms with Crippen LogP contribution in [-0.4, -0.2) is 38.8 Å². The number of hydrogen-bond donors (Lipinski definition) is 2. The van der Waals surface area contributed by atoms with Gasteiger partial charge in [0.25, 0.3) is 0 Å². The van der Waals surface area contributed by atoms with Gasteiger partial charge in [0.2, 0.25) is 0 Å². The summed E-state index contributed by atoms with van der Waals surface area (Å²) in [6.45, 7) is 1.99. The van der Waals surface area contributed by atoms with Crippen LogP contribution in [0.25, 0.3) is 0 Å². The smallest absolute Gasteiger partial charge is 0.325 e. The van der Waals surface area contributed by atoms with Crippen LogP contribution in [0.15, 0.2) is 29.1 Å².